The third kappa shape index (κ3) is 13.5. The van der Waals surface area contributed by atoms with Crippen LogP contribution in [0, 0.1) is 5.92 Å². The van der Waals surface area contributed by atoms with Crippen LogP contribution in [-0.4, -0.2) is 86.3 Å². The van der Waals surface area contributed by atoms with Gasteiger partial charge >= 0.3 is 6.09 Å². The summed E-state index contributed by atoms with van der Waals surface area (Å²) in [6.45, 7) is 17.3. The first-order valence-corrected chi connectivity index (χ1v) is 17.0. The van der Waals surface area contributed by atoms with Crippen molar-refractivity contribution in [1.82, 2.24) is 25.4 Å². The van der Waals surface area contributed by atoms with E-state index in [1.54, 1.807) is 0 Å². The minimum Gasteiger partial charge on any atom is -0.465 e. The summed E-state index contributed by atoms with van der Waals surface area (Å²) in [5.74, 6) is -0.559. The van der Waals surface area contributed by atoms with Crippen LogP contribution in [0.3, 0.4) is 0 Å². The predicted octanol–water partition coefficient (Wildman–Crippen LogP) is 5.27. The molecule has 252 valence electrons. The van der Waals surface area contributed by atoms with Gasteiger partial charge in [0, 0.05) is 29.8 Å². The third-order valence-corrected chi connectivity index (χ3v) is 8.54. The second-order valence-corrected chi connectivity index (χ2v) is 14.4. The molecule has 0 aliphatic carbocycles. The van der Waals surface area contributed by atoms with Gasteiger partial charge in [-0.15, -0.1) is 11.3 Å². The molecule has 1 heterocycles. The van der Waals surface area contributed by atoms with Gasteiger partial charge in [0.15, 0.2) is 0 Å². The molecule has 10 nitrogen and oxygen atoms in total. The number of carbonyl (C=O) groups is 3. The summed E-state index contributed by atoms with van der Waals surface area (Å²) in [5, 5.41) is 30.5. The number of carbonyl (C=O) groups excluding carboxylic acids is 2. The fourth-order valence-corrected chi connectivity index (χ4v) is 6.12. The highest BCUT2D eigenvalue weighted by molar-refractivity contribution is 7.09. The van der Waals surface area contributed by atoms with Crippen molar-refractivity contribution in [2.24, 2.45) is 5.92 Å². The van der Waals surface area contributed by atoms with E-state index in [1.807, 2.05) is 84.2 Å². The van der Waals surface area contributed by atoms with Crippen molar-refractivity contribution in [3.8, 4) is 0 Å². The number of aliphatic hydroxyl groups excluding tert-OH is 1. The Labute approximate surface area is 273 Å². The number of hydrogen-bond donors (Lipinski definition) is 4. The van der Waals surface area contributed by atoms with E-state index in [2.05, 4.69) is 27.4 Å². The molecule has 0 saturated carbocycles. The molecule has 2 rings (SSSR count). The van der Waals surface area contributed by atoms with Gasteiger partial charge in [0.25, 0.3) is 0 Å². The van der Waals surface area contributed by atoms with Gasteiger partial charge < -0.3 is 25.7 Å². The molecule has 1 aromatic carbocycles. The standard InChI is InChI=1S/C34H55N5O5S/c1-9-17-38(18-13-16-29(41)37-34(6,7)8)21-28(40)27(19-25-14-11-10-12-15-25)36-31(42)30(23(2)3)39(33(43)44)20-26-22-45-32(35-26)24(4)5/h10-12,14-15,22-24,27-28,30,40H,9,13,16-21H2,1-8H3,(H,36,42)(H,37,41)(H,43,44)/t27-,28+,30-/m0/s1. The minimum absolute atomic E-state index is 0.00509. The quantitative estimate of drug-likeness (QED) is 0.174. The molecule has 0 fully saturated rings. The van der Waals surface area contributed by atoms with Crippen molar-refractivity contribution in [2.45, 2.75) is 117 Å². The first-order valence-electron chi connectivity index (χ1n) is 16.1. The van der Waals surface area contributed by atoms with Crippen molar-refractivity contribution in [3.63, 3.8) is 0 Å². The Bertz CT molecular complexity index is 1200. The van der Waals surface area contributed by atoms with Crippen LogP contribution >= 0.6 is 11.3 Å². The van der Waals surface area contributed by atoms with Crippen molar-refractivity contribution in [3.05, 3.63) is 52.0 Å². The zero-order valence-corrected chi connectivity index (χ0v) is 29.2. The number of nitrogens with zero attached hydrogens (tertiary/aromatic N) is 3. The maximum absolute atomic E-state index is 13.9. The monoisotopic (exact) mass is 645 g/mol. The van der Waals surface area contributed by atoms with Gasteiger partial charge in [-0.05, 0) is 64.6 Å². The average Bonchev–Trinajstić information content (AvgIpc) is 3.41. The molecule has 0 aliphatic heterocycles. The molecule has 3 amide bonds. The lowest BCUT2D eigenvalue weighted by atomic mass is 9.97. The second-order valence-electron chi connectivity index (χ2n) is 13.5. The SMILES string of the molecule is CCCN(CCCC(=O)NC(C)(C)C)C[C@@H](O)[C@H](Cc1ccccc1)NC(=O)[C@H](C(C)C)N(Cc1csc(C(C)C)n1)C(=O)O. The van der Waals surface area contributed by atoms with Crippen LogP contribution in [0.5, 0.6) is 0 Å². The molecule has 0 unspecified atom stereocenters. The molecule has 0 saturated heterocycles. The summed E-state index contributed by atoms with van der Waals surface area (Å²) in [7, 11) is 0. The van der Waals surface area contributed by atoms with Crippen LogP contribution in [0.2, 0.25) is 0 Å². The van der Waals surface area contributed by atoms with Crippen molar-refractivity contribution >= 4 is 29.2 Å². The molecule has 0 radical (unpaired) electrons. The highest BCUT2D eigenvalue weighted by atomic mass is 32.1. The van der Waals surface area contributed by atoms with Crippen LogP contribution in [0.25, 0.3) is 0 Å². The van der Waals surface area contributed by atoms with E-state index < -0.39 is 30.2 Å². The Balaban J connectivity index is 2.24. The molecule has 45 heavy (non-hydrogen) atoms. The number of carboxylic acid groups (broad SMARTS) is 1. The Morgan fingerprint density at radius 2 is 1.71 bits per heavy atom. The first-order chi connectivity index (χ1) is 21.1. The van der Waals surface area contributed by atoms with Gasteiger partial charge in [0.2, 0.25) is 11.8 Å². The van der Waals surface area contributed by atoms with Crippen molar-refractivity contribution in [1.29, 1.82) is 0 Å². The van der Waals surface area contributed by atoms with Gasteiger partial charge in [-0.3, -0.25) is 14.5 Å². The normalized spacial score (nSPS) is 14.0. The molecule has 4 N–H and O–H groups in total. The fourth-order valence-electron chi connectivity index (χ4n) is 5.29. The van der Waals surface area contributed by atoms with Crippen LogP contribution < -0.4 is 10.6 Å². The Kier molecular flexibility index (Phi) is 15.4. The van der Waals surface area contributed by atoms with Crippen LogP contribution in [0.1, 0.15) is 96.8 Å². The summed E-state index contributed by atoms with van der Waals surface area (Å²) in [4.78, 5) is 46.6. The van der Waals surface area contributed by atoms with Crippen LogP contribution in [-0.2, 0) is 22.6 Å². The number of hydrogen-bond acceptors (Lipinski definition) is 7. The van der Waals surface area contributed by atoms with Crippen LogP contribution in [0.15, 0.2) is 35.7 Å². The van der Waals surface area contributed by atoms with Gasteiger partial charge in [-0.2, -0.15) is 0 Å². The summed E-state index contributed by atoms with van der Waals surface area (Å²) < 4.78 is 0. The van der Waals surface area contributed by atoms with Crippen molar-refractivity contribution in [2.75, 3.05) is 19.6 Å². The Hall–Kier alpha value is -3.02. The van der Waals surface area contributed by atoms with Crippen molar-refractivity contribution < 1.29 is 24.6 Å². The minimum atomic E-state index is -1.20. The molecule has 3 atom stereocenters. The predicted molar refractivity (Wildman–Crippen MR) is 180 cm³/mol. The average molecular weight is 646 g/mol. The lowest BCUT2D eigenvalue weighted by Gasteiger charge is -2.34. The largest absolute Gasteiger partial charge is 0.465 e. The van der Waals surface area contributed by atoms with E-state index in [9.17, 15) is 24.6 Å². The molecule has 0 aliphatic rings. The molecule has 1 aromatic heterocycles. The van der Waals surface area contributed by atoms with Crippen LogP contribution in [0.4, 0.5) is 4.79 Å². The van der Waals surface area contributed by atoms with E-state index in [4.69, 9.17) is 0 Å². The number of amides is 3. The van der Waals surface area contributed by atoms with E-state index in [-0.39, 0.29) is 29.8 Å². The number of nitrogens with one attached hydrogen (secondary N) is 2. The highest BCUT2D eigenvalue weighted by Gasteiger charge is 2.35. The maximum Gasteiger partial charge on any atom is 0.408 e. The van der Waals surface area contributed by atoms with Gasteiger partial charge in [-0.1, -0.05) is 65.0 Å². The van der Waals surface area contributed by atoms with E-state index in [0.29, 0.717) is 38.0 Å². The number of aliphatic hydroxyl groups is 1. The number of rotatable bonds is 18. The van der Waals surface area contributed by atoms with E-state index in [1.165, 1.54) is 11.3 Å². The smallest absolute Gasteiger partial charge is 0.408 e. The third-order valence-electron chi connectivity index (χ3n) is 7.35. The molecule has 0 bridgehead atoms. The topological polar surface area (TPSA) is 135 Å². The maximum atomic E-state index is 13.9. The summed E-state index contributed by atoms with van der Waals surface area (Å²) in [5.41, 5.74) is 1.26. The lowest BCUT2D eigenvalue weighted by Crippen LogP contribution is -2.57. The van der Waals surface area contributed by atoms with E-state index in [0.717, 1.165) is 28.4 Å². The van der Waals surface area contributed by atoms with Gasteiger partial charge in [0.05, 0.1) is 29.4 Å². The molecule has 11 heteroatoms. The summed E-state index contributed by atoms with van der Waals surface area (Å²) in [6.07, 6.45) is 0.145. The Morgan fingerprint density at radius 3 is 2.24 bits per heavy atom. The van der Waals surface area contributed by atoms with E-state index >= 15 is 0 Å². The summed E-state index contributed by atoms with van der Waals surface area (Å²) >= 11 is 1.48. The van der Waals surface area contributed by atoms with Gasteiger partial charge in [0.1, 0.15) is 6.04 Å². The molecular formula is C34H55N5O5S. The second kappa shape index (κ2) is 18.2. The zero-order valence-electron chi connectivity index (χ0n) is 28.4. The van der Waals surface area contributed by atoms with Gasteiger partial charge in [-0.25, -0.2) is 9.78 Å². The molecular weight excluding hydrogens is 590 g/mol. The number of aromatic nitrogens is 1. The first kappa shape index (κ1) is 38.2. The highest BCUT2D eigenvalue weighted by Crippen LogP contribution is 2.22. The summed E-state index contributed by atoms with van der Waals surface area (Å²) in [6, 6.07) is 7.99. The lowest BCUT2D eigenvalue weighted by molar-refractivity contribution is -0.129. The molecule has 0 spiro atoms. The molecule has 2 aromatic rings. The number of thiazole rings is 1. The Morgan fingerprint density at radius 1 is 1.04 bits per heavy atom. The fraction of sp³-hybridized carbons (Fsp3) is 0.647. The number of benzene rings is 1. The zero-order chi connectivity index (χ0) is 33.7.